The molecule has 0 aliphatic rings. The van der Waals surface area contributed by atoms with Gasteiger partial charge in [-0.1, -0.05) is 0 Å². The van der Waals surface area contributed by atoms with Crippen LogP contribution in [0, 0.1) is 6.92 Å². The number of aromatic amines is 1. The lowest BCUT2D eigenvalue weighted by Gasteiger charge is -2.09. The lowest BCUT2D eigenvalue weighted by Crippen LogP contribution is -2.20. The molecule has 1 aromatic rings. The Morgan fingerprint density at radius 1 is 1.47 bits per heavy atom. The highest BCUT2D eigenvalue weighted by molar-refractivity contribution is 5.76. The molecule has 4 nitrogen and oxygen atoms in total. The van der Waals surface area contributed by atoms with Crippen molar-refractivity contribution in [3.05, 3.63) is 27.5 Å². The maximum atomic E-state index is 11.8. The Kier molecular flexibility index (Phi) is 2.83. The highest BCUT2D eigenvalue weighted by Crippen LogP contribution is 2.19. The minimum absolute atomic E-state index is 0.0248. The molecule has 0 bridgehead atoms. The molecule has 0 saturated heterocycles. The Balaban J connectivity index is 3.15. The third-order valence-corrected chi connectivity index (χ3v) is 1.59. The Hall–Kier alpha value is -1.79. The van der Waals surface area contributed by atoms with Gasteiger partial charge in [-0.15, -0.1) is 13.2 Å². The van der Waals surface area contributed by atoms with E-state index in [1.54, 1.807) is 0 Å². The molecular formula is C8H6F3NO3. The predicted octanol–water partition coefficient (Wildman–Crippen LogP) is 1.39. The number of aromatic nitrogens is 1. The SMILES string of the molecule is Cc1[nH]c(OC(F)(F)F)cc(=O)c1C=O. The van der Waals surface area contributed by atoms with Crippen LogP contribution in [0.1, 0.15) is 16.1 Å². The van der Waals surface area contributed by atoms with Crippen LogP contribution in [0.3, 0.4) is 0 Å². The highest BCUT2D eigenvalue weighted by Gasteiger charge is 2.31. The van der Waals surface area contributed by atoms with Crippen LogP contribution in [0.25, 0.3) is 0 Å². The van der Waals surface area contributed by atoms with E-state index in [1.807, 2.05) is 0 Å². The first-order chi connectivity index (χ1) is 6.83. The fourth-order valence-corrected chi connectivity index (χ4v) is 0.996. The van der Waals surface area contributed by atoms with Crippen molar-refractivity contribution in [2.45, 2.75) is 13.3 Å². The van der Waals surface area contributed by atoms with Gasteiger partial charge in [0.15, 0.2) is 11.7 Å². The van der Waals surface area contributed by atoms with Crippen LogP contribution < -0.4 is 10.2 Å². The minimum Gasteiger partial charge on any atom is -0.390 e. The van der Waals surface area contributed by atoms with Crippen LogP contribution in [0.4, 0.5) is 13.2 Å². The van der Waals surface area contributed by atoms with E-state index >= 15 is 0 Å². The molecular weight excluding hydrogens is 215 g/mol. The van der Waals surface area contributed by atoms with E-state index in [2.05, 4.69) is 9.72 Å². The number of hydrogen-bond acceptors (Lipinski definition) is 3. The van der Waals surface area contributed by atoms with Gasteiger partial charge in [0.25, 0.3) is 0 Å². The van der Waals surface area contributed by atoms with Gasteiger partial charge in [-0.25, -0.2) is 0 Å². The van der Waals surface area contributed by atoms with Gasteiger partial charge in [-0.05, 0) is 6.92 Å². The molecule has 0 radical (unpaired) electrons. The number of rotatable bonds is 2. The van der Waals surface area contributed by atoms with E-state index < -0.39 is 17.7 Å². The molecule has 0 amide bonds. The second-order valence-electron chi connectivity index (χ2n) is 2.70. The van der Waals surface area contributed by atoms with Gasteiger partial charge in [-0.3, -0.25) is 9.59 Å². The zero-order valence-corrected chi connectivity index (χ0v) is 7.51. The van der Waals surface area contributed by atoms with Crippen molar-refractivity contribution in [1.29, 1.82) is 0 Å². The van der Waals surface area contributed by atoms with Crippen molar-refractivity contribution in [3.63, 3.8) is 0 Å². The summed E-state index contributed by atoms with van der Waals surface area (Å²) < 4.78 is 38.8. The highest BCUT2D eigenvalue weighted by atomic mass is 19.4. The van der Waals surface area contributed by atoms with Crippen molar-refractivity contribution in [2.24, 2.45) is 0 Å². The first-order valence-electron chi connectivity index (χ1n) is 3.78. The van der Waals surface area contributed by atoms with Gasteiger partial charge >= 0.3 is 6.36 Å². The largest absolute Gasteiger partial charge is 0.574 e. The van der Waals surface area contributed by atoms with E-state index in [0.29, 0.717) is 6.07 Å². The summed E-state index contributed by atoms with van der Waals surface area (Å²) in [6.07, 6.45) is -4.61. The number of H-pyrrole nitrogens is 1. The molecule has 7 heteroatoms. The third-order valence-electron chi connectivity index (χ3n) is 1.59. The molecule has 15 heavy (non-hydrogen) atoms. The first kappa shape index (κ1) is 11.3. The van der Waals surface area contributed by atoms with Gasteiger partial charge in [0, 0.05) is 11.8 Å². The number of aldehydes is 1. The summed E-state index contributed by atoms with van der Waals surface area (Å²) in [5.41, 5.74) is -1.01. The Bertz CT molecular complexity index is 436. The van der Waals surface area contributed by atoms with Crippen molar-refractivity contribution in [2.75, 3.05) is 0 Å². The molecule has 0 atom stereocenters. The average molecular weight is 221 g/mol. The minimum atomic E-state index is -4.88. The van der Waals surface area contributed by atoms with Gasteiger partial charge in [0.1, 0.15) is 0 Å². The number of hydrogen-bond donors (Lipinski definition) is 1. The van der Waals surface area contributed by atoms with Gasteiger partial charge < -0.3 is 9.72 Å². The molecule has 0 unspecified atom stereocenters. The summed E-state index contributed by atoms with van der Waals surface area (Å²) in [7, 11) is 0. The second-order valence-corrected chi connectivity index (χ2v) is 2.70. The van der Waals surface area contributed by atoms with Crippen molar-refractivity contribution in [1.82, 2.24) is 4.98 Å². The predicted molar refractivity (Wildman–Crippen MR) is 43.9 cm³/mol. The fraction of sp³-hybridized carbons (Fsp3) is 0.250. The average Bonchev–Trinajstić information content (AvgIpc) is 1.99. The summed E-state index contributed by atoms with van der Waals surface area (Å²) >= 11 is 0. The van der Waals surface area contributed by atoms with E-state index in [9.17, 15) is 22.8 Å². The molecule has 82 valence electrons. The van der Waals surface area contributed by atoms with Gasteiger partial charge in [-0.2, -0.15) is 0 Å². The number of alkyl halides is 3. The van der Waals surface area contributed by atoms with Crippen LogP contribution in [0.2, 0.25) is 0 Å². The molecule has 1 rings (SSSR count). The van der Waals surface area contributed by atoms with Crippen LogP contribution in [-0.2, 0) is 0 Å². The Labute approximate surface area is 81.7 Å². The van der Waals surface area contributed by atoms with E-state index in [0.717, 1.165) is 0 Å². The molecule has 0 saturated carbocycles. The zero-order valence-electron chi connectivity index (χ0n) is 7.51. The summed E-state index contributed by atoms with van der Waals surface area (Å²) in [5.74, 6) is -0.740. The summed E-state index contributed by atoms with van der Waals surface area (Å²) in [6, 6.07) is 0.574. The number of halogens is 3. The zero-order chi connectivity index (χ0) is 11.6. The van der Waals surface area contributed by atoms with E-state index in [4.69, 9.17) is 0 Å². The number of aryl methyl sites for hydroxylation is 1. The third kappa shape index (κ3) is 2.83. The van der Waals surface area contributed by atoms with Crippen LogP contribution >= 0.6 is 0 Å². The number of carbonyl (C=O) groups is 1. The molecule has 0 spiro atoms. The lowest BCUT2D eigenvalue weighted by molar-refractivity contribution is -0.276. The smallest absolute Gasteiger partial charge is 0.390 e. The quantitative estimate of drug-likeness (QED) is 0.767. The van der Waals surface area contributed by atoms with Crippen LogP contribution in [0.15, 0.2) is 10.9 Å². The molecule has 0 aliphatic heterocycles. The second kappa shape index (κ2) is 3.76. The van der Waals surface area contributed by atoms with Gasteiger partial charge in [0.05, 0.1) is 5.56 Å². The standard InChI is InChI=1S/C8H6F3NO3/c1-4-5(3-13)6(14)2-7(12-4)15-8(9,10)11/h2-3H,1H3,(H,12,14). The number of pyridine rings is 1. The van der Waals surface area contributed by atoms with Crippen LogP contribution in [-0.4, -0.2) is 17.6 Å². The Morgan fingerprint density at radius 3 is 2.47 bits per heavy atom. The maximum Gasteiger partial charge on any atom is 0.574 e. The Morgan fingerprint density at radius 2 is 2.07 bits per heavy atom. The first-order valence-corrected chi connectivity index (χ1v) is 3.78. The molecule has 1 aromatic heterocycles. The summed E-state index contributed by atoms with van der Waals surface area (Å²) in [4.78, 5) is 23.6. The fourth-order valence-electron chi connectivity index (χ4n) is 0.996. The van der Waals surface area contributed by atoms with Crippen molar-refractivity contribution < 1.29 is 22.7 Å². The number of carbonyl (C=O) groups excluding carboxylic acids is 1. The molecule has 0 aromatic carbocycles. The normalized spacial score (nSPS) is 11.2. The molecule has 1 heterocycles. The molecule has 0 fully saturated rings. The molecule has 1 N–H and O–H groups in total. The van der Waals surface area contributed by atoms with Gasteiger partial charge in [0.2, 0.25) is 5.88 Å². The van der Waals surface area contributed by atoms with E-state index in [1.165, 1.54) is 6.92 Å². The van der Waals surface area contributed by atoms with Crippen molar-refractivity contribution >= 4 is 6.29 Å². The lowest BCUT2D eigenvalue weighted by atomic mass is 10.2. The van der Waals surface area contributed by atoms with Crippen molar-refractivity contribution in [3.8, 4) is 5.88 Å². The van der Waals surface area contributed by atoms with E-state index in [-0.39, 0.29) is 17.5 Å². The summed E-state index contributed by atoms with van der Waals surface area (Å²) in [6.45, 7) is 1.30. The number of ether oxygens (including phenoxy) is 1. The summed E-state index contributed by atoms with van der Waals surface area (Å²) in [5, 5.41) is 0. The topological polar surface area (TPSA) is 59.2 Å². The van der Waals surface area contributed by atoms with Crippen LogP contribution in [0.5, 0.6) is 5.88 Å². The maximum absolute atomic E-state index is 11.8. The molecule has 0 aliphatic carbocycles. The number of nitrogens with one attached hydrogen (secondary N) is 1. The monoisotopic (exact) mass is 221 g/mol.